The molecule has 4 rings (SSSR count). The number of nitrogens with one attached hydrogen (secondary N) is 2. The SMILES string of the molecule is CN=C(NCc1nc(-c2cccc(Cl)c2)no1)NCc1ccccc1OCC1CC1. The summed E-state index contributed by atoms with van der Waals surface area (Å²) in [5.74, 6) is 3.22. The van der Waals surface area contributed by atoms with Gasteiger partial charge in [0.15, 0.2) is 5.96 Å². The molecule has 2 aromatic carbocycles. The molecule has 1 saturated carbocycles. The molecule has 3 aromatic rings. The lowest BCUT2D eigenvalue weighted by Crippen LogP contribution is -2.36. The van der Waals surface area contributed by atoms with Crippen LogP contribution in [-0.2, 0) is 13.1 Å². The number of benzene rings is 2. The van der Waals surface area contributed by atoms with Crippen LogP contribution in [0.2, 0.25) is 5.02 Å². The van der Waals surface area contributed by atoms with Gasteiger partial charge in [0.1, 0.15) is 5.75 Å². The van der Waals surface area contributed by atoms with Gasteiger partial charge in [-0.1, -0.05) is 47.1 Å². The molecule has 1 aromatic heterocycles. The Morgan fingerprint density at radius 1 is 1.17 bits per heavy atom. The first-order valence-corrected chi connectivity index (χ1v) is 10.3. The molecule has 2 N–H and O–H groups in total. The highest BCUT2D eigenvalue weighted by Crippen LogP contribution is 2.30. The molecular weight excluding hydrogens is 402 g/mol. The lowest BCUT2D eigenvalue weighted by Gasteiger charge is -2.14. The summed E-state index contributed by atoms with van der Waals surface area (Å²) in [6, 6.07) is 15.4. The van der Waals surface area contributed by atoms with Crippen LogP contribution in [0.5, 0.6) is 5.75 Å². The Labute approximate surface area is 180 Å². The van der Waals surface area contributed by atoms with Gasteiger partial charge in [0, 0.05) is 29.7 Å². The van der Waals surface area contributed by atoms with Crippen LogP contribution in [0.15, 0.2) is 58.0 Å². The monoisotopic (exact) mass is 425 g/mol. The molecule has 1 aliphatic carbocycles. The van der Waals surface area contributed by atoms with Gasteiger partial charge in [-0.3, -0.25) is 4.99 Å². The summed E-state index contributed by atoms with van der Waals surface area (Å²) in [6.45, 7) is 1.74. The number of aromatic nitrogens is 2. The van der Waals surface area contributed by atoms with E-state index in [1.165, 1.54) is 12.8 Å². The van der Waals surface area contributed by atoms with Gasteiger partial charge in [0.25, 0.3) is 0 Å². The van der Waals surface area contributed by atoms with Gasteiger partial charge >= 0.3 is 0 Å². The Kier molecular flexibility index (Phi) is 6.49. The average Bonchev–Trinajstić information content (AvgIpc) is 3.48. The fraction of sp³-hybridized carbons (Fsp3) is 0.318. The molecule has 156 valence electrons. The van der Waals surface area contributed by atoms with Crippen molar-refractivity contribution in [2.75, 3.05) is 13.7 Å². The van der Waals surface area contributed by atoms with Crippen molar-refractivity contribution in [2.45, 2.75) is 25.9 Å². The Hall–Kier alpha value is -3.06. The minimum atomic E-state index is 0.354. The van der Waals surface area contributed by atoms with Gasteiger partial charge in [-0.15, -0.1) is 0 Å². The number of aliphatic imine (C=N–C) groups is 1. The zero-order chi connectivity index (χ0) is 20.8. The molecule has 0 radical (unpaired) electrons. The van der Waals surface area contributed by atoms with Gasteiger partial charge in [-0.05, 0) is 37.0 Å². The number of halogens is 1. The van der Waals surface area contributed by atoms with Crippen molar-refractivity contribution >= 4 is 17.6 Å². The molecule has 1 heterocycles. The van der Waals surface area contributed by atoms with Crippen LogP contribution < -0.4 is 15.4 Å². The Morgan fingerprint density at radius 3 is 2.80 bits per heavy atom. The number of ether oxygens (including phenoxy) is 1. The first-order chi connectivity index (χ1) is 14.7. The van der Waals surface area contributed by atoms with Crippen molar-refractivity contribution in [3.05, 3.63) is 65.0 Å². The molecule has 0 amide bonds. The first-order valence-electron chi connectivity index (χ1n) is 9.95. The lowest BCUT2D eigenvalue weighted by atomic mass is 10.2. The minimum absolute atomic E-state index is 0.354. The third-order valence-corrected chi connectivity index (χ3v) is 5.01. The maximum Gasteiger partial charge on any atom is 0.246 e. The molecule has 0 saturated heterocycles. The zero-order valence-electron chi connectivity index (χ0n) is 16.8. The highest BCUT2D eigenvalue weighted by molar-refractivity contribution is 6.30. The van der Waals surface area contributed by atoms with Gasteiger partial charge in [0.2, 0.25) is 11.7 Å². The van der Waals surface area contributed by atoms with Crippen molar-refractivity contribution in [2.24, 2.45) is 10.9 Å². The number of hydrogen-bond acceptors (Lipinski definition) is 5. The molecule has 0 bridgehead atoms. The number of guanidine groups is 1. The standard InChI is InChI=1S/C22H24ClN5O2/c1-24-22(25-12-17-5-2-3-8-19(17)29-14-15-9-10-15)26-13-20-27-21(28-30-20)16-6-4-7-18(23)11-16/h2-8,11,15H,9-10,12-14H2,1H3,(H2,24,25,26). The van der Waals surface area contributed by atoms with E-state index in [4.69, 9.17) is 20.9 Å². The largest absolute Gasteiger partial charge is 0.493 e. The Morgan fingerprint density at radius 2 is 2.00 bits per heavy atom. The quantitative estimate of drug-likeness (QED) is 0.418. The number of nitrogens with zero attached hydrogens (tertiary/aromatic N) is 3. The van der Waals surface area contributed by atoms with Crippen molar-refractivity contribution in [1.29, 1.82) is 0 Å². The van der Waals surface area contributed by atoms with E-state index in [-0.39, 0.29) is 0 Å². The molecule has 0 unspecified atom stereocenters. The van der Waals surface area contributed by atoms with E-state index in [1.807, 2.05) is 30.3 Å². The second-order valence-corrected chi connectivity index (χ2v) is 7.60. The molecule has 8 heteroatoms. The number of para-hydroxylation sites is 1. The van der Waals surface area contributed by atoms with Crippen LogP contribution in [0.25, 0.3) is 11.4 Å². The van der Waals surface area contributed by atoms with E-state index in [0.717, 1.165) is 23.5 Å². The van der Waals surface area contributed by atoms with Gasteiger partial charge in [0.05, 0.1) is 13.2 Å². The molecule has 0 atom stereocenters. The van der Waals surface area contributed by atoms with E-state index in [1.54, 1.807) is 19.2 Å². The average molecular weight is 426 g/mol. The van der Waals surface area contributed by atoms with Crippen LogP contribution in [0, 0.1) is 5.92 Å². The maximum atomic E-state index is 6.03. The Balaban J connectivity index is 1.31. The predicted octanol–water partition coefficient (Wildman–Crippen LogP) is 4.04. The summed E-state index contributed by atoms with van der Waals surface area (Å²) in [5, 5.41) is 11.1. The van der Waals surface area contributed by atoms with E-state index >= 15 is 0 Å². The number of rotatable bonds is 8. The summed E-state index contributed by atoms with van der Waals surface area (Å²) in [6.07, 6.45) is 2.54. The van der Waals surface area contributed by atoms with E-state index in [0.29, 0.717) is 41.7 Å². The topological polar surface area (TPSA) is 84.6 Å². The van der Waals surface area contributed by atoms with Crippen molar-refractivity contribution < 1.29 is 9.26 Å². The van der Waals surface area contributed by atoms with Gasteiger partial charge < -0.3 is 19.9 Å². The normalized spacial score (nSPS) is 13.9. The van der Waals surface area contributed by atoms with Crippen molar-refractivity contribution in [3.8, 4) is 17.1 Å². The minimum Gasteiger partial charge on any atom is -0.493 e. The fourth-order valence-electron chi connectivity index (χ4n) is 2.91. The molecular formula is C22H24ClN5O2. The van der Waals surface area contributed by atoms with Crippen molar-refractivity contribution in [1.82, 2.24) is 20.8 Å². The highest BCUT2D eigenvalue weighted by atomic mass is 35.5. The summed E-state index contributed by atoms with van der Waals surface area (Å²) in [4.78, 5) is 8.66. The van der Waals surface area contributed by atoms with E-state index in [9.17, 15) is 0 Å². The summed E-state index contributed by atoms with van der Waals surface area (Å²) in [7, 11) is 1.72. The Bertz CT molecular complexity index is 1020. The molecule has 1 aliphatic rings. The predicted molar refractivity (Wildman–Crippen MR) is 116 cm³/mol. The van der Waals surface area contributed by atoms with Crippen molar-refractivity contribution in [3.63, 3.8) is 0 Å². The van der Waals surface area contributed by atoms with Crippen LogP contribution in [0.1, 0.15) is 24.3 Å². The second kappa shape index (κ2) is 9.63. The summed E-state index contributed by atoms with van der Waals surface area (Å²) in [5.41, 5.74) is 1.89. The molecule has 7 nitrogen and oxygen atoms in total. The smallest absolute Gasteiger partial charge is 0.246 e. The maximum absolute atomic E-state index is 6.03. The first kappa shape index (κ1) is 20.2. The highest BCUT2D eigenvalue weighted by Gasteiger charge is 2.22. The van der Waals surface area contributed by atoms with Crippen LogP contribution in [-0.4, -0.2) is 29.8 Å². The molecule has 1 fully saturated rings. The number of hydrogen-bond donors (Lipinski definition) is 2. The lowest BCUT2D eigenvalue weighted by molar-refractivity contribution is 0.296. The second-order valence-electron chi connectivity index (χ2n) is 7.16. The summed E-state index contributed by atoms with van der Waals surface area (Å²) < 4.78 is 11.3. The van der Waals surface area contributed by atoms with E-state index < -0.39 is 0 Å². The van der Waals surface area contributed by atoms with Crippen LogP contribution in [0.3, 0.4) is 0 Å². The zero-order valence-corrected chi connectivity index (χ0v) is 17.5. The molecule has 0 aliphatic heterocycles. The van der Waals surface area contributed by atoms with Crippen LogP contribution in [0.4, 0.5) is 0 Å². The van der Waals surface area contributed by atoms with E-state index in [2.05, 4.69) is 31.8 Å². The summed E-state index contributed by atoms with van der Waals surface area (Å²) >= 11 is 6.03. The third kappa shape index (κ3) is 5.51. The third-order valence-electron chi connectivity index (χ3n) is 4.77. The fourth-order valence-corrected chi connectivity index (χ4v) is 3.10. The molecule has 0 spiro atoms. The van der Waals surface area contributed by atoms with Gasteiger partial charge in [-0.2, -0.15) is 4.98 Å². The molecule has 30 heavy (non-hydrogen) atoms. The van der Waals surface area contributed by atoms with Gasteiger partial charge in [-0.25, -0.2) is 0 Å². The van der Waals surface area contributed by atoms with Crippen LogP contribution >= 0.6 is 11.6 Å².